The lowest BCUT2D eigenvalue weighted by molar-refractivity contribution is 0.0981. The zero-order chi connectivity index (χ0) is 20.1. The highest BCUT2D eigenvalue weighted by Gasteiger charge is 2.22. The third-order valence-electron chi connectivity index (χ3n) is 4.91. The zero-order valence-corrected chi connectivity index (χ0v) is 16.8. The quantitative estimate of drug-likeness (QED) is 0.541. The van der Waals surface area contributed by atoms with E-state index in [4.69, 9.17) is 11.6 Å². The molecule has 0 fully saturated rings. The molecule has 0 atom stereocenters. The summed E-state index contributed by atoms with van der Waals surface area (Å²) in [5.74, 6) is -0.686. The molecule has 7 heteroatoms. The zero-order valence-electron chi connectivity index (χ0n) is 15.2. The van der Waals surface area contributed by atoms with E-state index in [0.29, 0.717) is 10.6 Å². The Balaban J connectivity index is 1.75. The Hall–Kier alpha value is -2.83. The molecule has 0 spiro atoms. The molecule has 1 amide bonds. The molecule has 1 heterocycles. The van der Waals surface area contributed by atoms with E-state index in [-0.39, 0.29) is 10.5 Å². The summed E-state index contributed by atoms with van der Waals surface area (Å²) in [6, 6.07) is 17.6. The number of hydrogen-bond acceptors (Lipinski definition) is 3. The summed E-state index contributed by atoms with van der Waals surface area (Å²) in [4.78, 5) is 12.7. The summed E-state index contributed by atoms with van der Waals surface area (Å²) in [7, 11) is -2.09. The fourth-order valence-corrected chi connectivity index (χ4v) is 4.90. The summed E-state index contributed by atoms with van der Waals surface area (Å²) in [5.41, 5.74) is 2.67. The topological polar surface area (TPSA) is 68.2 Å². The van der Waals surface area contributed by atoms with Crippen molar-refractivity contribution in [2.45, 2.75) is 11.8 Å². The van der Waals surface area contributed by atoms with Crippen LogP contribution in [0.4, 0.5) is 0 Å². The van der Waals surface area contributed by atoms with Crippen molar-refractivity contribution in [3.8, 4) is 0 Å². The van der Waals surface area contributed by atoms with Gasteiger partial charge in [0.25, 0.3) is 15.9 Å². The molecule has 142 valence electrons. The Bertz CT molecular complexity index is 1360. The number of rotatable bonds is 3. The van der Waals surface area contributed by atoms with Crippen molar-refractivity contribution in [1.29, 1.82) is 0 Å². The third kappa shape index (κ3) is 2.95. The van der Waals surface area contributed by atoms with Gasteiger partial charge in [-0.1, -0.05) is 35.9 Å². The summed E-state index contributed by atoms with van der Waals surface area (Å²) < 4.78 is 29.5. The smallest absolute Gasteiger partial charge is 0.265 e. The number of halogens is 1. The Labute approximate surface area is 167 Å². The van der Waals surface area contributed by atoms with E-state index in [9.17, 15) is 13.2 Å². The number of carbonyl (C=O) groups is 1. The van der Waals surface area contributed by atoms with Crippen LogP contribution >= 0.6 is 11.6 Å². The molecule has 5 nitrogen and oxygen atoms in total. The molecule has 4 rings (SSSR count). The van der Waals surface area contributed by atoms with Crippen molar-refractivity contribution >= 4 is 49.3 Å². The van der Waals surface area contributed by atoms with Gasteiger partial charge in [-0.2, -0.15) is 0 Å². The maximum absolute atomic E-state index is 12.7. The van der Waals surface area contributed by atoms with E-state index in [1.54, 1.807) is 25.1 Å². The van der Waals surface area contributed by atoms with Crippen molar-refractivity contribution in [2.24, 2.45) is 7.05 Å². The number of nitrogens with one attached hydrogen (secondary N) is 1. The Morgan fingerprint density at radius 2 is 1.68 bits per heavy atom. The summed E-state index contributed by atoms with van der Waals surface area (Å²) in [5, 5.41) is 2.22. The second kappa shape index (κ2) is 6.65. The minimum absolute atomic E-state index is 0.0143. The molecule has 0 aliphatic rings. The van der Waals surface area contributed by atoms with Crippen LogP contribution in [0.3, 0.4) is 0 Å². The minimum atomic E-state index is -4.04. The molecule has 0 saturated heterocycles. The lowest BCUT2D eigenvalue weighted by atomic mass is 10.1. The number of sulfonamides is 1. The Morgan fingerprint density at radius 3 is 2.46 bits per heavy atom. The molecule has 1 N–H and O–H groups in total. The van der Waals surface area contributed by atoms with Crippen molar-refractivity contribution < 1.29 is 13.2 Å². The number of amides is 1. The first kappa shape index (κ1) is 18.5. The van der Waals surface area contributed by atoms with Gasteiger partial charge in [0.15, 0.2) is 0 Å². The predicted octanol–water partition coefficient (Wildman–Crippen LogP) is 4.41. The second-order valence-electron chi connectivity index (χ2n) is 6.61. The van der Waals surface area contributed by atoms with Crippen LogP contribution in [-0.2, 0) is 17.1 Å². The van der Waals surface area contributed by atoms with E-state index in [1.807, 2.05) is 41.9 Å². The van der Waals surface area contributed by atoms with Crippen molar-refractivity contribution in [3.05, 3.63) is 76.8 Å². The lowest BCUT2D eigenvalue weighted by Crippen LogP contribution is -2.31. The molecule has 0 unspecified atom stereocenters. The van der Waals surface area contributed by atoms with Crippen LogP contribution in [0.15, 0.2) is 65.6 Å². The Morgan fingerprint density at radius 1 is 0.964 bits per heavy atom. The standard InChI is InChI=1S/C21H17ClN2O3S/c1-13-17(22)7-5-9-20(13)28(26,27)23-21(25)14-10-11-19-16(12-14)15-6-3-4-8-18(15)24(19)2/h3-12H,1-2H3,(H,23,25). The number of aryl methyl sites for hydroxylation is 1. The normalized spacial score (nSPS) is 11.8. The van der Waals surface area contributed by atoms with Crippen molar-refractivity contribution in [3.63, 3.8) is 0 Å². The molecule has 0 bridgehead atoms. The summed E-state index contributed by atoms with van der Waals surface area (Å²) >= 11 is 6.02. The van der Waals surface area contributed by atoms with Gasteiger partial charge in [-0.3, -0.25) is 4.79 Å². The summed E-state index contributed by atoms with van der Waals surface area (Å²) in [6.07, 6.45) is 0. The number of benzene rings is 3. The third-order valence-corrected chi connectivity index (χ3v) is 6.80. The van der Waals surface area contributed by atoms with E-state index in [2.05, 4.69) is 4.72 Å². The largest absolute Gasteiger partial charge is 0.344 e. The van der Waals surface area contributed by atoms with E-state index in [0.717, 1.165) is 21.8 Å². The van der Waals surface area contributed by atoms with Gasteiger partial charge in [-0.05, 0) is 48.9 Å². The maximum atomic E-state index is 12.7. The molecule has 0 aliphatic carbocycles. The Kier molecular flexibility index (Phi) is 4.40. The average Bonchev–Trinajstić information content (AvgIpc) is 2.96. The monoisotopic (exact) mass is 412 g/mol. The number of hydrogen-bond donors (Lipinski definition) is 1. The predicted molar refractivity (Wildman–Crippen MR) is 111 cm³/mol. The van der Waals surface area contributed by atoms with Gasteiger partial charge in [0.1, 0.15) is 0 Å². The van der Waals surface area contributed by atoms with Crippen LogP contribution < -0.4 is 4.72 Å². The average molecular weight is 413 g/mol. The highest BCUT2D eigenvalue weighted by molar-refractivity contribution is 7.90. The summed E-state index contributed by atoms with van der Waals surface area (Å²) in [6.45, 7) is 1.60. The van der Waals surface area contributed by atoms with Crippen LogP contribution in [0.5, 0.6) is 0 Å². The lowest BCUT2D eigenvalue weighted by Gasteiger charge is -2.10. The van der Waals surface area contributed by atoms with Crippen molar-refractivity contribution in [2.75, 3.05) is 0 Å². The van der Waals surface area contributed by atoms with Gasteiger partial charge in [-0.25, -0.2) is 13.1 Å². The van der Waals surface area contributed by atoms with Crippen LogP contribution in [-0.4, -0.2) is 18.9 Å². The van der Waals surface area contributed by atoms with Crippen LogP contribution in [0, 0.1) is 6.92 Å². The minimum Gasteiger partial charge on any atom is -0.344 e. The van der Waals surface area contributed by atoms with Gasteiger partial charge in [0.05, 0.1) is 4.90 Å². The molecular formula is C21H17ClN2O3S. The number of para-hydroxylation sites is 1. The van der Waals surface area contributed by atoms with Crippen LogP contribution in [0.1, 0.15) is 15.9 Å². The molecule has 0 aliphatic heterocycles. The van der Waals surface area contributed by atoms with Gasteiger partial charge in [0.2, 0.25) is 0 Å². The van der Waals surface area contributed by atoms with Crippen LogP contribution in [0.25, 0.3) is 21.8 Å². The molecule has 0 saturated carbocycles. The van der Waals surface area contributed by atoms with Crippen molar-refractivity contribution in [1.82, 2.24) is 9.29 Å². The van der Waals surface area contributed by atoms with Gasteiger partial charge >= 0.3 is 0 Å². The van der Waals surface area contributed by atoms with Gasteiger partial charge < -0.3 is 4.57 Å². The first-order valence-electron chi connectivity index (χ1n) is 8.59. The first-order chi connectivity index (χ1) is 13.3. The number of fused-ring (bicyclic) bond motifs is 3. The van der Waals surface area contributed by atoms with E-state index < -0.39 is 15.9 Å². The number of nitrogens with zero attached hydrogens (tertiary/aromatic N) is 1. The maximum Gasteiger partial charge on any atom is 0.265 e. The van der Waals surface area contributed by atoms with Crippen LogP contribution in [0.2, 0.25) is 5.02 Å². The van der Waals surface area contributed by atoms with Gasteiger partial charge in [0, 0.05) is 39.4 Å². The van der Waals surface area contributed by atoms with E-state index in [1.165, 1.54) is 12.1 Å². The highest BCUT2D eigenvalue weighted by atomic mass is 35.5. The number of aromatic nitrogens is 1. The first-order valence-corrected chi connectivity index (χ1v) is 10.4. The number of carbonyl (C=O) groups excluding carboxylic acids is 1. The fraction of sp³-hybridized carbons (Fsp3) is 0.0952. The SMILES string of the molecule is Cc1c(Cl)cccc1S(=O)(=O)NC(=O)c1ccc2c(c1)c1ccccc1n2C. The molecule has 0 radical (unpaired) electrons. The second-order valence-corrected chi connectivity index (χ2v) is 8.66. The molecule has 3 aromatic carbocycles. The van der Waals surface area contributed by atoms with Gasteiger partial charge in [-0.15, -0.1) is 0 Å². The highest BCUT2D eigenvalue weighted by Crippen LogP contribution is 2.29. The fourth-order valence-electron chi connectivity index (χ4n) is 3.42. The molecule has 1 aromatic heterocycles. The molecule has 28 heavy (non-hydrogen) atoms. The van der Waals surface area contributed by atoms with E-state index >= 15 is 0 Å². The molecular weight excluding hydrogens is 396 g/mol. The molecule has 4 aromatic rings.